The molecule has 31 heavy (non-hydrogen) atoms. The normalized spacial score (nSPS) is 11.4. The van der Waals surface area contributed by atoms with Crippen LogP contribution in [0.5, 0.6) is 0 Å². The van der Waals surface area contributed by atoms with Crippen LogP contribution in [0.25, 0.3) is 0 Å². The number of ketones is 1. The highest BCUT2D eigenvalue weighted by atomic mass is 19.1. The molecule has 0 saturated carbocycles. The van der Waals surface area contributed by atoms with Gasteiger partial charge in [0.1, 0.15) is 12.5 Å². The standard InChI is InChI=1S/C22H27F2N3O4/c1-12-10-15(6-7-16(12)24)25-20(30)17-13(2)18(27(9-8-23)14(17)3)19(29)21(31)26-22(4,5)11-28/h6-7,10,28H,8-9,11H2,1-5H3,(H,25,30)(H,26,31). The highest BCUT2D eigenvalue weighted by molar-refractivity contribution is 6.43. The maximum absolute atomic E-state index is 13.5. The molecule has 1 aromatic heterocycles. The van der Waals surface area contributed by atoms with Crippen molar-refractivity contribution in [2.45, 2.75) is 46.7 Å². The summed E-state index contributed by atoms with van der Waals surface area (Å²) in [5.41, 5.74) is 0.257. The van der Waals surface area contributed by atoms with E-state index in [0.29, 0.717) is 16.9 Å². The molecule has 0 radical (unpaired) electrons. The molecule has 7 nitrogen and oxygen atoms in total. The zero-order valence-electron chi connectivity index (χ0n) is 18.2. The molecule has 0 saturated heterocycles. The van der Waals surface area contributed by atoms with E-state index in [1.165, 1.54) is 29.7 Å². The smallest absolute Gasteiger partial charge is 0.294 e. The van der Waals surface area contributed by atoms with E-state index in [-0.39, 0.29) is 30.0 Å². The highest BCUT2D eigenvalue weighted by Gasteiger charge is 2.32. The average molecular weight is 435 g/mol. The number of alkyl halides is 1. The van der Waals surface area contributed by atoms with Crippen LogP contribution in [-0.2, 0) is 11.3 Å². The van der Waals surface area contributed by atoms with E-state index >= 15 is 0 Å². The molecular formula is C22H27F2N3O4. The third kappa shape index (κ3) is 5.16. The highest BCUT2D eigenvalue weighted by Crippen LogP contribution is 2.25. The zero-order chi connectivity index (χ0) is 23.5. The molecule has 9 heteroatoms. The van der Waals surface area contributed by atoms with E-state index < -0.39 is 35.6 Å². The first-order valence-corrected chi connectivity index (χ1v) is 9.74. The van der Waals surface area contributed by atoms with Gasteiger partial charge in [-0.15, -0.1) is 0 Å². The van der Waals surface area contributed by atoms with Gasteiger partial charge in [0.25, 0.3) is 17.6 Å². The number of aliphatic hydroxyl groups excluding tert-OH is 1. The Bertz CT molecular complexity index is 1030. The molecule has 168 valence electrons. The molecule has 0 spiro atoms. The molecule has 0 bridgehead atoms. The molecular weight excluding hydrogens is 408 g/mol. The van der Waals surface area contributed by atoms with E-state index in [0.717, 1.165) is 0 Å². The van der Waals surface area contributed by atoms with Gasteiger partial charge < -0.3 is 20.3 Å². The number of aliphatic hydroxyl groups is 1. The van der Waals surface area contributed by atoms with Crippen LogP contribution >= 0.6 is 0 Å². The fourth-order valence-corrected chi connectivity index (χ4v) is 3.31. The number of hydrogen-bond donors (Lipinski definition) is 3. The predicted octanol–water partition coefficient (Wildman–Crippen LogP) is 2.84. The number of aryl methyl sites for hydroxylation is 1. The Morgan fingerprint density at radius 3 is 2.35 bits per heavy atom. The summed E-state index contributed by atoms with van der Waals surface area (Å²) in [6.45, 7) is 6.29. The summed E-state index contributed by atoms with van der Waals surface area (Å²) in [4.78, 5) is 38.3. The lowest BCUT2D eigenvalue weighted by Gasteiger charge is -2.23. The van der Waals surface area contributed by atoms with E-state index in [1.54, 1.807) is 27.7 Å². The van der Waals surface area contributed by atoms with Crippen LogP contribution in [0, 0.1) is 26.6 Å². The summed E-state index contributed by atoms with van der Waals surface area (Å²) in [5.74, 6) is -2.89. The first-order valence-electron chi connectivity index (χ1n) is 9.74. The fraction of sp³-hybridized carbons (Fsp3) is 0.409. The Balaban J connectivity index is 2.46. The van der Waals surface area contributed by atoms with Crippen molar-refractivity contribution in [3.63, 3.8) is 0 Å². The van der Waals surface area contributed by atoms with Crippen molar-refractivity contribution < 1.29 is 28.3 Å². The van der Waals surface area contributed by atoms with Crippen molar-refractivity contribution in [2.75, 3.05) is 18.6 Å². The summed E-state index contributed by atoms with van der Waals surface area (Å²) in [7, 11) is 0. The Hall–Kier alpha value is -3.07. The van der Waals surface area contributed by atoms with Gasteiger partial charge in [-0.3, -0.25) is 14.4 Å². The lowest BCUT2D eigenvalue weighted by molar-refractivity contribution is -0.119. The third-order valence-corrected chi connectivity index (χ3v) is 4.99. The van der Waals surface area contributed by atoms with Crippen molar-refractivity contribution in [3.05, 3.63) is 52.1 Å². The number of nitrogens with one attached hydrogen (secondary N) is 2. The number of halogens is 2. The molecule has 0 aliphatic rings. The molecule has 1 aromatic carbocycles. The maximum atomic E-state index is 13.5. The number of rotatable bonds is 8. The largest absolute Gasteiger partial charge is 0.394 e. The minimum absolute atomic E-state index is 0.0955. The first-order chi connectivity index (χ1) is 14.4. The summed E-state index contributed by atoms with van der Waals surface area (Å²) in [6.07, 6.45) is 0. The van der Waals surface area contributed by atoms with Gasteiger partial charge in [-0.25, -0.2) is 8.78 Å². The number of nitrogens with zero attached hydrogens (tertiary/aromatic N) is 1. The zero-order valence-corrected chi connectivity index (χ0v) is 18.2. The van der Waals surface area contributed by atoms with Gasteiger partial charge in [-0.2, -0.15) is 0 Å². The Morgan fingerprint density at radius 2 is 1.81 bits per heavy atom. The van der Waals surface area contributed by atoms with Gasteiger partial charge in [0.05, 0.1) is 29.9 Å². The van der Waals surface area contributed by atoms with Gasteiger partial charge in [-0.05, 0) is 63.9 Å². The summed E-state index contributed by atoms with van der Waals surface area (Å²) in [5, 5.41) is 14.4. The van der Waals surface area contributed by atoms with Crippen LogP contribution in [0.15, 0.2) is 18.2 Å². The van der Waals surface area contributed by atoms with E-state index in [1.807, 2.05) is 0 Å². The van der Waals surface area contributed by atoms with E-state index in [4.69, 9.17) is 0 Å². The molecule has 0 aliphatic carbocycles. The van der Waals surface area contributed by atoms with Crippen molar-refractivity contribution in [3.8, 4) is 0 Å². The molecule has 3 N–H and O–H groups in total. The monoisotopic (exact) mass is 435 g/mol. The molecule has 1 heterocycles. The number of aromatic nitrogens is 1. The van der Waals surface area contributed by atoms with Crippen molar-refractivity contribution in [1.29, 1.82) is 0 Å². The number of carbonyl (C=O) groups is 3. The van der Waals surface area contributed by atoms with Crippen LogP contribution in [-0.4, -0.2) is 46.1 Å². The van der Waals surface area contributed by atoms with Crippen LogP contribution in [0.2, 0.25) is 0 Å². The van der Waals surface area contributed by atoms with Crippen molar-refractivity contribution in [1.82, 2.24) is 9.88 Å². The van der Waals surface area contributed by atoms with Crippen molar-refractivity contribution in [2.24, 2.45) is 0 Å². The Labute approximate surface area is 179 Å². The lowest BCUT2D eigenvalue weighted by Crippen LogP contribution is -2.49. The number of carbonyl (C=O) groups excluding carboxylic acids is 3. The van der Waals surface area contributed by atoms with Gasteiger partial charge in [0.15, 0.2) is 0 Å². The average Bonchev–Trinajstić information content (AvgIpc) is 2.94. The fourth-order valence-electron chi connectivity index (χ4n) is 3.31. The second-order valence-electron chi connectivity index (χ2n) is 8.02. The Morgan fingerprint density at radius 1 is 1.16 bits per heavy atom. The summed E-state index contributed by atoms with van der Waals surface area (Å²) in [6, 6.07) is 4.09. The Kier molecular flexibility index (Phi) is 7.32. The SMILES string of the molecule is Cc1cc(NC(=O)c2c(C)c(C(=O)C(=O)NC(C)(C)CO)n(CCF)c2C)ccc1F. The molecule has 0 atom stereocenters. The molecule has 0 aliphatic heterocycles. The molecule has 0 unspecified atom stereocenters. The number of anilines is 1. The van der Waals surface area contributed by atoms with Gasteiger partial charge >= 0.3 is 0 Å². The minimum atomic E-state index is -1.03. The van der Waals surface area contributed by atoms with Crippen molar-refractivity contribution >= 4 is 23.3 Å². The molecule has 2 aromatic rings. The molecule has 0 fully saturated rings. The summed E-state index contributed by atoms with van der Waals surface area (Å²) >= 11 is 0. The van der Waals surface area contributed by atoms with Gasteiger partial charge in [0, 0.05) is 11.4 Å². The first kappa shape index (κ1) is 24.2. The lowest BCUT2D eigenvalue weighted by atomic mass is 10.0. The summed E-state index contributed by atoms with van der Waals surface area (Å²) < 4.78 is 28.0. The van der Waals surface area contributed by atoms with Crippen LogP contribution < -0.4 is 10.6 Å². The van der Waals surface area contributed by atoms with E-state index in [2.05, 4.69) is 10.6 Å². The van der Waals surface area contributed by atoms with Crippen LogP contribution in [0.1, 0.15) is 51.5 Å². The minimum Gasteiger partial charge on any atom is -0.394 e. The second-order valence-corrected chi connectivity index (χ2v) is 8.02. The maximum Gasteiger partial charge on any atom is 0.294 e. The number of hydrogen-bond acceptors (Lipinski definition) is 4. The van der Waals surface area contributed by atoms with E-state index in [9.17, 15) is 28.3 Å². The number of benzene rings is 1. The molecule has 2 rings (SSSR count). The number of amides is 2. The third-order valence-electron chi connectivity index (χ3n) is 4.99. The van der Waals surface area contributed by atoms with Gasteiger partial charge in [0.2, 0.25) is 0 Å². The topological polar surface area (TPSA) is 100 Å². The second kappa shape index (κ2) is 9.38. The quantitative estimate of drug-likeness (QED) is 0.438. The van der Waals surface area contributed by atoms with Crippen LogP contribution in [0.4, 0.5) is 14.5 Å². The van der Waals surface area contributed by atoms with Crippen LogP contribution in [0.3, 0.4) is 0 Å². The van der Waals surface area contributed by atoms with Gasteiger partial charge in [-0.1, -0.05) is 0 Å². The number of Topliss-reactive ketones (excluding diaryl/α,β-unsaturated/α-hetero) is 1. The predicted molar refractivity (Wildman–Crippen MR) is 113 cm³/mol. The molecule has 2 amide bonds.